The van der Waals surface area contributed by atoms with Crippen LogP contribution in [-0.2, 0) is 0 Å². The first kappa shape index (κ1) is 15.2. The van der Waals surface area contributed by atoms with Crippen molar-refractivity contribution in [3.05, 3.63) is 35.5 Å². The fourth-order valence-corrected chi connectivity index (χ4v) is 2.69. The Balaban J connectivity index is 1.87. The lowest BCUT2D eigenvalue weighted by molar-refractivity contribution is 0.102. The van der Waals surface area contributed by atoms with E-state index >= 15 is 0 Å². The second kappa shape index (κ2) is 6.20. The molecule has 0 bridgehead atoms. The lowest BCUT2D eigenvalue weighted by Crippen LogP contribution is -2.18. The van der Waals surface area contributed by atoms with E-state index in [0.717, 1.165) is 29.9 Å². The van der Waals surface area contributed by atoms with Crippen molar-refractivity contribution in [3.63, 3.8) is 0 Å². The molecule has 2 aromatic heterocycles. The van der Waals surface area contributed by atoms with E-state index in [1.54, 1.807) is 18.2 Å². The van der Waals surface area contributed by atoms with E-state index in [1.165, 1.54) is 0 Å². The molecule has 1 aromatic carbocycles. The van der Waals surface area contributed by atoms with Crippen LogP contribution in [0.2, 0.25) is 0 Å². The molecule has 0 fully saturated rings. The summed E-state index contributed by atoms with van der Waals surface area (Å²) in [4.78, 5) is 12.5. The van der Waals surface area contributed by atoms with Crippen molar-refractivity contribution in [1.29, 1.82) is 0 Å². The third-order valence-corrected chi connectivity index (χ3v) is 3.97. The van der Waals surface area contributed by atoms with Crippen LogP contribution in [0.1, 0.15) is 48.8 Å². The minimum absolute atomic E-state index is 0.179. The molecule has 23 heavy (non-hydrogen) atoms. The standard InChI is InChI=1S/C16H20N6O/c1-4-12(5-2)22-15(8-10(3)20-22)17-16(23)11-6-7-13-14(9-11)19-21-18-13/h6-9,12H,4-5H2,1-3H3,(H,17,23)(H,18,19,21). The second-order valence-electron chi connectivity index (χ2n) is 5.57. The van der Waals surface area contributed by atoms with Crippen molar-refractivity contribution in [2.75, 3.05) is 5.32 Å². The predicted octanol–water partition coefficient (Wildman–Crippen LogP) is 3.08. The van der Waals surface area contributed by atoms with Gasteiger partial charge in [-0.3, -0.25) is 4.79 Å². The lowest BCUT2D eigenvalue weighted by Gasteiger charge is -2.17. The first-order valence-electron chi connectivity index (χ1n) is 7.80. The highest BCUT2D eigenvalue weighted by molar-refractivity contribution is 6.05. The Morgan fingerprint density at radius 2 is 1.96 bits per heavy atom. The summed E-state index contributed by atoms with van der Waals surface area (Å²) in [6.07, 6.45) is 1.93. The molecule has 0 aliphatic carbocycles. The molecular formula is C16H20N6O. The van der Waals surface area contributed by atoms with Gasteiger partial charge in [0.25, 0.3) is 5.91 Å². The number of amides is 1. The summed E-state index contributed by atoms with van der Waals surface area (Å²) in [5.74, 6) is 0.545. The Kier molecular flexibility index (Phi) is 4.10. The summed E-state index contributed by atoms with van der Waals surface area (Å²) in [7, 11) is 0. The molecule has 0 atom stereocenters. The van der Waals surface area contributed by atoms with E-state index < -0.39 is 0 Å². The predicted molar refractivity (Wildman–Crippen MR) is 88.4 cm³/mol. The maximum Gasteiger partial charge on any atom is 0.256 e. The first-order chi connectivity index (χ1) is 11.1. The summed E-state index contributed by atoms with van der Waals surface area (Å²) in [5.41, 5.74) is 2.84. The van der Waals surface area contributed by atoms with Crippen molar-refractivity contribution in [3.8, 4) is 0 Å². The minimum Gasteiger partial charge on any atom is -0.307 e. The van der Waals surface area contributed by atoms with Crippen LogP contribution in [0, 0.1) is 6.92 Å². The van der Waals surface area contributed by atoms with Crippen molar-refractivity contribution < 1.29 is 4.79 Å². The monoisotopic (exact) mass is 312 g/mol. The normalized spacial score (nSPS) is 11.3. The van der Waals surface area contributed by atoms with Crippen LogP contribution in [0.15, 0.2) is 24.3 Å². The highest BCUT2D eigenvalue weighted by Crippen LogP contribution is 2.22. The number of fused-ring (bicyclic) bond motifs is 1. The number of aryl methyl sites for hydroxylation is 1. The van der Waals surface area contributed by atoms with E-state index in [2.05, 4.69) is 39.7 Å². The average Bonchev–Trinajstić information content (AvgIpc) is 3.14. The summed E-state index contributed by atoms with van der Waals surface area (Å²) in [6.45, 7) is 6.17. The summed E-state index contributed by atoms with van der Waals surface area (Å²) in [6, 6.07) is 7.41. The van der Waals surface area contributed by atoms with Gasteiger partial charge in [-0.25, -0.2) is 4.68 Å². The Labute approximate surface area is 134 Å². The lowest BCUT2D eigenvalue weighted by atomic mass is 10.1. The third-order valence-electron chi connectivity index (χ3n) is 3.97. The fraction of sp³-hybridized carbons (Fsp3) is 0.375. The van der Waals surface area contributed by atoms with E-state index in [-0.39, 0.29) is 11.9 Å². The molecular weight excluding hydrogens is 292 g/mol. The quantitative estimate of drug-likeness (QED) is 0.757. The van der Waals surface area contributed by atoms with Crippen molar-refractivity contribution in [1.82, 2.24) is 25.2 Å². The fourth-order valence-electron chi connectivity index (χ4n) is 2.69. The molecule has 0 radical (unpaired) electrons. The van der Waals surface area contributed by atoms with E-state index in [0.29, 0.717) is 11.1 Å². The second-order valence-corrected chi connectivity index (χ2v) is 5.57. The molecule has 0 saturated heterocycles. The maximum atomic E-state index is 12.5. The van der Waals surface area contributed by atoms with Crippen LogP contribution in [0.3, 0.4) is 0 Å². The van der Waals surface area contributed by atoms with Crippen LogP contribution in [-0.4, -0.2) is 31.1 Å². The Bertz CT molecular complexity index is 830. The number of benzene rings is 1. The number of carbonyl (C=O) groups excluding carboxylic acids is 1. The molecule has 2 heterocycles. The number of nitrogens with zero attached hydrogens (tertiary/aromatic N) is 4. The largest absolute Gasteiger partial charge is 0.307 e. The topological polar surface area (TPSA) is 88.5 Å². The van der Waals surface area contributed by atoms with Crippen molar-refractivity contribution in [2.45, 2.75) is 39.7 Å². The van der Waals surface area contributed by atoms with Crippen molar-refractivity contribution in [2.24, 2.45) is 0 Å². The molecule has 0 aliphatic rings. The molecule has 7 heteroatoms. The number of aromatic amines is 1. The SMILES string of the molecule is CCC(CC)n1nc(C)cc1NC(=O)c1ccc2n[nH]nc2c1. The number of carbonyl (C=O) groups is 1. The number of aromatic nitrogens is 5. The Morgan fingerprint density at radius 1 is 1.22 bits per heavy atom. The van der Waals surface area contributed by atoms with Gasteiger partial charge in [-0.2, -0.15) is 20.5 Å². The molecule has 7 nitrogen and oxygen atoms in total. The molecule has 120 valence electrons. The van der Waals surface area contributed by atoms with Gasteiger partial charge in [0.2, 0.25) is 0 Å². The summed E-state index contributed by atoms with van der Waals surface area (Å²) >= 11 is 0. The molecule has 3 rings (SSSR count). The molecule has 0 aliphatic heterocycles. The summed E-state index contributed by atoms with van der Waals surface area (Å²) in [5, 5.41) is 18.0. The molecule has 0 saturated carbocycles. The zero-order valence-corrected chi connectivity index (χ0v) is 13.5. The van der Waals surface area contributed by atoms with Crippen LogP contribution < -0.4 is 5.32 Å². The number of anilines is 1. The van der Waals surface area contributed by atoms with E-state index in [4.69, 9.17) is 0 Å². The van der Waals surface area contributed by atoms with Gasteiger partial charge in [-0.15, -0.1) is 0 Å². The third kappa shape index (κ3) is 2.94. The van der Waals surface area contributed by atoms with Gasteiger partial charge < -0.3 is 5.32 Å². The number of nitrogens with one attached hydrogen (secondary N) is 2. The maximum absolute atomic E-state index is 12.5. The number of hydrogen-bond donors (Lipinski definition) is 2. The van der Waals surface area contributed by atoms with Crippen molar-refractivity contribution >= 4 is 22.8 Å². The van der Waals surface area contributed by atoms with Gasteiger partial charge in [0.05, 0.1) is 11.7 Å². The molecule has 1 amide bonds. The first-order valence-corrected chi connectivity index (χ1v) is 7.80. The van der Waals surface area contributed by atoms with Gasteiger partial charge >= 0.3 is 0 Å². The molecule has 2 N–H and O–H groups in total. The molecule has 0 unspecified atom stereocenters. The van der Waals surface area contributed by atoms with Gasteiger partial charge in [0, 0.05) is 11.6 Å². The van der Waals surface area contributed by atoms with Gasteiger partial charge in [0.1, 0.15) is 16.9 Å². The zero-order chi connectivity index (χ0) is 16.4. The zero-order valence-electron chi connectivity index (χ0n) is 13.5. The molecule has 3 aromatic rings. The van der Waals surface area contributed by atoms with Crippen LogP contribution >= 0.6 is 0 Å². The highest BCUT2D eigenvalue weighted by atomic mass is 16.1. The Hall–Kier alpha value is -2.70. The van der Waals surface area contributed by atoms with Crippen LogP contribution in [0.5, 0.6) is 0 Å². The van der Waals surface area contributed by atoms with Gasteiger partial charge in [-0.1, -0.05) is 13.8 Å². The van der Waals surface area contributed by atoms with E-state index in [9.17, 15) is 4.79 Å². The number of hydrogen-bond acceptors (Lipinski definition) is 4. The molecule has 0 spiro atoms. The average molecular weight is 312 g/mol. The smallest absolute Gasteiger partial charge is 0.256 e. The van der Waals surface area contributed by atoms with Gasteiger partial charge in [0.15, 0.2) is 0 Å². The highest BCUT2D eigenvalue weighted by Gasteiger charge is 2.16. The summed E-state index contributed by atoms with van der Waals surface area (Å²) < 4.78 is 1.90. The number of H-pyrrole nitrogens is 1. The van der Waals surface area contributed by atoms with Gasteiger partial charge in [-0.05, 0) is 38.0 Å². The van der Waals surface area contributed by atoms with Crippen LogP contribution in [0.4, 0.5) is 5.82 Å². The van der Waals surface area contributed by atoms with E-state index in [1.807, 2.05) is 17.7 Å². The minimum atomic E-state index is -0.179. The van der Waals surface area contributed by atoms with Crippen LogP contribution in [0.25, 0.3) is 11.0 Å². The number of rotatable bonds is 5. The Morgan fingerprint density at radius 3 is 2.70 bits per heavy atom.